The Labute approximate surface area is 191 Å². The van der Waals surface area contributed by atoms with Crippen LogP contribution in [0.3, 0.4) is 0 Å². The van der Waals surface area contributed by atoms with Crippen molar-refractivity contribution in [2.45, 2.75) is 13.1 Å². The van der Waals surface area contributed by atoms with Crippen LogP contribution in [0.2, 0.25) is 5.02 Å². The summed E-state index contributed by atoms with van der Waals surface area (Å²) in [5.74, 6) is 0.975. The maximum atomic E-state index is 13.0. The highest BCUT2D eigenvalue weighted by Crippen LogP contribution is 2.36. The second kappa shape index (κ2) is 8.95. The highest BCUT2D eigenvalue weighted by Gasteiger charge is 2.33. The van der Waals surface area contributed by atoms with E-state index in [1.165, 1.54) is 6.07 Å². The van der Waals surface area contributed by atoms with Crippen LogP contribution in [0.15, 0.2) is 66.9 Å². The van der Waals surface area contributed by atoms with Crippen LogP contribution in [0.4, 0.5) is 29.3 Å². The molecule has 0 saturated heterocycles. The van der Waals surface area contributed by atoms with Crippen molar-refractivity contribution < 1.29 is 22.7 Å². The Balaban J connectivity index is 1.45. The summed E-state index contributed by atoms with van der Waals surface area (Å²) < 4.78 is 44.9. The summed E-state index contributed by atoms with van der Waals surface area (Å²) in [6.45, 7) is 1.84. The summed E-state index contributed by atoms with van der Waals surface area (Å²) in [5, 5.41) is 4.47. The van der Waals surface area contributed by atoms with Gasteiger partial charge in [-0.2, -0.15) is 13.2 Å². The van der Waals surface area contributed by atoms with Gasteiger partial charge in [-0.05, 0) is 49.4 Å². The van der Waals surface area contributed by atoms with Gasteiger partial charge in [-0.25, -0.2) is 9.78 Å². The van der Waals surface area contributed by atoms with Crippen LogP contribution in [-0.4, -0.2) is 16.0 Å². The van der Waals surface area contributed by atoms with E-state index in [1.807, 2.05) is 6.92 Å². The lowest BCUT2D eigenvalue weighted by molar-refractivity contribution is -0.137. The number of alkyl halides is 3. The van der Waals surface area contributed by atoms with Crippen LogP contribution in [0.5, 0.6) is 11.5 Å². The smallest absolute Gasteiger partial charge is 0.417 e. The number of benzene rings is 3. The normalized spacial score (nSPS) is 11.3. The van der Waals surface area contributed by atoms with Crippen molar-refractivity contribution in [2.75, 3.05) is 10.6 Å². The van der Waals surface area contributed by atoms with Gasteiger partial charge in [0.2, 0.25) is 0 Å². The van der Waals surface area contributed by atoms with E-state index >= 15 is 0 Å². The van der Waals surface area contributed by atoms with Crippen LogP contribution >= 0.6 is 11.6 Å². The highest BCUT2D eigenvalue weighted by molar-refractivity contribution is 6.31. The number of aromatic nitrogens is 2. The second-order valence-electron chi connectivity index (χ2n) is 7.06. The quantitative estimate of drug-likeness (QED) is 0.334. The zero-order valence-electron chi connectivity index (χ0n) is 17.1. The van der Waals surface area contributed by atoms with E-state index in [4.69, 9.17) is 16.3 Å². The zero-order chi connectivity index (χ0) is 23.6. The van der Waals surface area contributed by atoms with Crippen molar-refractivity contribution in [3.63, 3.8) is 0 Å². The molecular formula is C23H16ClF3N4O2. The van der Waals surface area contributed by atoms with Gasteiger partial charge in [0, 0.05) is 29.7 Å². The highest BCUT2D eigenvalue weighted by atomic mass is 35.5. The third-order valence-corrected chi connectivity index (χ3v) is 4.82. The molecule has 3 aromatic carbocycles. The molecule has 0 bridgehead atoms. The van der Waals surface area contributed by atoms with Crippen LogP contribution in [0, 0.1) is 6.92 Å². The first-order chi connectivity index (χ1) is 15.7. The number of halogens is 4. The maximum absolute atomic E-state index is 13.0. The fourth-order valence-corrected chi connectivity index (χ4v) is 3.26. The van der Waals surface area contributed by atoms with E-state index in [0.29, 0.717) is 22.7 Å². The van der Waals surface area contributed by atoms with Crippen molar-refractivity contribution in [1.29, 1.82) is 0 Å². The molecule has 33 heavy (non-hydrogen) atoms. The van der Waals surface area contributed by atoms with E-state index in [2.05, 4.69) is 20.6 Å². The summed E-state index contributed by atoms with van der Waals surface area (Å²) in [6, 6.07) is 14.2. The predicted molar refractivity (Wildman–Crippen MR) is 120 cm³/mol. The Morgan fingerprint density at radius 2 is 1.67 bits per heavy atom. The molecule has 4 aromatic rings. The minimum absolute atomic E-state index is 0.0517. The number of carbonyl (C=O) groups excluding carboxylic acids is 1. The molecule has 2 N–H and O–H groups in total. The van der Waals surface area contributed by atoms with Gasteiger partial charge in [0.15, 0.2) is 0 Å². The number of ether oxygens (including phenoxy) is 1. The summed E-state index contributed by atoms with van der Waals surface area (Å²) in [4.78, 5) is 21.0. The van der Waals surface area contributed by atoms with E-state index in [9.17, 15) is 18.0 Å². The Hall–Kier alpha value is -3.85. The number of nitrogens with one attached hydrogen (secondary N) is 2. The molecule has 0 aliphatic heterocycles. The molecule has 0 aliphatic carbocycles. The molecule has 0 spiro atoms. The number of hydrogen-bond donors (Lipinski definition) is 2. The first-order valence-electron chi connectivity index (χ1n) is 9.63. The van der Waals surface area contributed by atoms with Gasteiger partial charge in [0.1, 0.15) is 11.5 Å². The number of urea groups is 1. The molecule has 2 amide bonds. The van der Waals surface area contributed by atoms with Crippen LogP contribution in [0.1, 0.15) is 11.3 Å². The largest absolute Gasteiger partial charge is 0.457 e. The van der Waals surface area contributed by atoms with Gasteiger partial charge in [0.25, 0.3) is 0 Å². The second-order valence-corrected chi connectivity index (χ2v) is 7.47. The fraction of sp³-hybridized carbons (Fsp3) is 0.0870. The van der Waals surface area contributed by atoms with Crippen LogP contribution < -0.4 is 15.4 Å². The van der Waals surface area contributed by atoms with Gasteiger partial charge in [-0.1, -0.05) is 17.7 Å². The zero-order valence-corrected chi connectivity index (χ0v) is 17.8. The van der Waals surface area contributed by atoms with Gasteiger partial charge in [-0.3, -0.25) is 4.98 Å². The molecule has 0 radical (unpaired) electrons. The average molecular weight is 473 g/mol. The van der Waals surface area contributed by atoms with Crippen molar-refractivity contribution in [2.24, 2.45) is 0 Å². The molecule has 0 fully saturated rings. The molecule has 0 unspecified atom stereocenters. The van der Waals surface area contributed by atoms with Gasteiger partial charge in [-0.15, -0.1) is 0 Å². The van der Waals surface area contributed by atoms with Gasteiger partial charge in [0.05, 0.1) is 27.3 Å². The maximum Gasteiger partial charge on any atom is 0.417 e. The SMILES string of the molecule is Cc1cnc2ccc(Oc3cccc(NC(=O)Nc4ccc(Cl)c(C(F)(F)F)c4)c3)cc2n1. The van der Waals surface area contributed by atoms with Crippen LogP contribution in [-0.2, 0) is 6.18 Å². The molecule has 4 rings (SSSR count). The number of nitrogens with zero attached hydrogens (tertiary/aromatic N) is 2. The van der Waals surface area contributed by atoms with Crippen LogP contribution in [0.25, 0.3) is 11.0 Å². The minimum Gasteiger partial charge on any atom is -0.457 e. The van der Waals surface area contributed by atoms with E-state index in [0.717, 1.165) is 23.3 Å². The number of amides is 2. The number of fused-ring (bicyclic) bond motifs is 1. The minimum atomic E-state index is -4.63. The summed E-state index contributed by atoms with van der Waals surface area (Å²) >= 11 is 5.60. The molecule has 6 nitrogen and oxygen atoms in total. The van der Waals surface area contributed by atoms with E-state index < -0.39 is 22.8 Å². The number of hydrogen-bond acceptors (Lipinski definition) is 4. The predicted octanol–water partition coefficient (Wildman–Crippen LogP) is 7.05. The molecule has 0 aliphatic rings. The number of carbonyl (C=O) groups is 1. The molecule has 0 saturated carbocycles. The van der Waals surface area contributed by atoms with Crippen molar-refractivity contribution >= 4 is 40.0 Å². The standard InChI is InChI=1S/C23H16ClF3N4O2/c1-13-12-28-20-8-6-17(11-21(20)29-13)33-16-4-2-3-14(9-16)30-22(32)31-15-5-7-19(24)18(10-15)23(25,26)27/h2-12H,1H3,(H2,30,31,32). The lowest BCUT2D eigenvalue weighted by Gasteiger charge is -2.13. The average Bonchev–Trinajstić information content (AvgIpc) is 2.74. The number of rotatable bonds is 4. The number of anilines is 2. The molecule has 1 aromatic heterocycles. The molecular weight excluding hydrogens is 457 g/mol. The fourth-order valence-electron chi connectivity index (χ4n) is 3.03. The van der Waals surface area contributed by atoms with Gasteiger partial charge < -0.3 is 15.4 Å². The van der Waals surface area contributed by atoms with E-state index in [1.54, 1.807) is 48.7 Å². The summed E-state index contributed by atoms with van der Waals surface area (Å²) in [6.07, 6.45) is -2.96. The Morgan fingerprint density at radius 1 is 0.939 bits per heavy atom. The van der Waals surface area contributed by atoms with Crippen molar-refractivity contribution in [1.82, 2.24) is 9.97 Å². The topological polar surface area (TPSA) is 76.1 Å². The van der Waals surface area contributed by atoms with Crippen molar-refractivity contribution in [3.05, 3.63) is 83.1 Å². The third kappa shape index (κ3) is 5.50. The lowest BCUT2D eigenvalue weighted by Crippen LogP contribution is -2.20. The van der Waals surface area contributed by atoms with Gasteiger partial charge >= 0.3 is 12.2 Å². The lowest BCUT2D eigenvalue weighted by atomic mass is 10.2. The summed E-state index contributed by atoms with van der Waals surface area (Å²) in [7, 11) is 0. The molecule has 168 valence electrons. The first kappa shape index (κ1) is 22.3. The Morgan fingerprint density at radius 3 is 2.42 bits per heavy atom. The number of aryl methyl sites for hydroxylation is 1. The monoisotopic (exact) mass is 472 g/mol. The summed E-state index contributed by atoms with van der Waals surface area (Å²) in [5.41, 5.74) is 1.49. The molecule has 1 heterocycles. The molecule has 10 heteroatoms. The molecule has 0 atom stereocenters. The Bertz CT molecular complexity index is 1350. The third-order valence-electron chi connectivity index (χ3n) is 4.49. The first-order valence-corrected chi connectivity index (χ1v) is 10.0. The van der Waals surface area contributed by atoms with Crippen molar-refractivity contribution in [3.8, 4) is 11.5 Å². The Kier molecular flexibility index (Phi) is 6.06. The van der Waals surface area contributed by atoms with E-state index in [-0.39, 0.29) is 5.69 Å².